The number of benzene rings is 2. The van der Waals surface area contributed by atoms with E-state index in [1.54, 1.807) is 30.9 Å². The quantitative estimate of drug-likeness (QED) is 0.337. The number of hydrogen-bond donors (Lipinski definition) is 3. The number of hydrogen-bond acceptors (Lipinski definition) is 8. The monoisotopic (exact) mass is 521 g/mol. The molecule has 4 rings (SSSR count). The average Bonchev–Trinajstić information content (AvgIpc) is 2.81. The van der Waals surface area contributed by atoms with Crippen LogP contribution in [0.4, 0.5) is 24.7 Å². The lowest BCUT2D eigenvalue weighted by atomic mass is 10.0. The van der Waals surface area contributed by atoms with E-state index < -0.39 is 17.8 Å². The summed E-state index contributed by atoms with van der Waals surface area (Å²) in [6, 6.07) is 6.15. The maximum absolute atomic E-state index is 13.3. The van der Waals surface area contributed by atoms with Gasteiger partial charge in [-0.25, -0.2) is 9.97 Å². The fourth-order valence-corrected chi connectivity index (χ4v) is 4.39. The Hall–Kier alpha value is -3.25. The van der Waals surface area contributed by atoms with Gasteiger partial charge in [-0.05, 0) is 49.7 Å². The minimum Gasteiger partial charge on any atom is -0.496 e. The van der Waals surface area contributed by atoms with E-state index in [0.717, 1.165) is 12.1 Å². The predicted molar refractivity (Wildman–Crippen MR) is 133 cm³/mol. The van der Waals surface area contributed by atoms with Crippen molar-refractivity contribution in [1.82, 2.24) is 14.9 Å². The summed E-state index contributed by atoms with van der Waals surface area (Å²) >= 11 is 4.31. The molecule has 2 heterocycles. The molecule has 0 aliphatic carbocycles. The molecule has 0 unspecified atom stereocenters. The second-order valence-corrected chi connectivity index (χ2v) is 9.09. The first-order valence-electron chi connectivity index (χ1n) is 11.2. The van der Waals surface area contributed by atoms with Gasteiger partial charge in [-0.15, -0.1) is 12.6 Å². The largest absolute Gasteiger partial charge is 0.496 e. The maximum Gasteiger partial charge on any atom is 0.416 e. The second-order valence-electron chi connectivity index (χ2n) is 8.52. The van der Waals surface area contributed by atoms with E-state index in [1.807, 2.05) is 0 Å². The minimum absolute atomic E-state index is 0.00795. The number of amides is 1. The lowest BCUT2D eigenvalue weighted by Gasteiger charge is -2.31. The Kier molecular flexibility index (Phi) is 7.19. The number of nitrogens with two attached hydrogens (primary N) is 1. The highest BCUT2D eigenvalue weighted by atomic mass is 32.1. The highest BCUT2D eigenvalue weighted by Gasteiger charge is 2.31. The van der Waals surface area contributed by atoms with Crippen LogP contribution in [0.5, 0.6) is 5.75 Å². The molecule has 2 atom stereocenters. The summed E-state index contributed by atoms with van der Waals surface area (Å²) in [5, 5.41) is 3.72. The molecule has 1 aliphatic heterocycles. The molecule has 1 aromatic heterocycles. The van der Waals surface area contributed by atoms with Crippen LogP contribution in [0.25, 0.3) is 10.9 Å². The van der Waals surface area contributed by atoms with Gasteiger partial charge in [0.2, 0.25) is 0 Å². The molecular formula is C24H26F3N5O3S. The fourth-order valence-electron chi connectivity index (χ4n) is 4.08. The van der Waals surface area contributed by atoms with Gasteiger partial charge in [0, 0.05) is 17.6 Å². The lowest BCUT2D eigenvalue weighted by molar-refractivity contribution is -0.137. The number of aromatic nitrogens is 2. The topological polar surface area (TPSA) is 103 Å². The van der Waals surface area contributed by atoms with Crippen molar-refractivity contribution in [1.29, 1.82) is 0 Å². The molecule has 192 valence electrons. The number of anilines is 2. The van der Waals surface area contributed by atoms with Crippen LogP contribution in [-0.2, 0) is 10.9 Å². The zero-order valence-corrected chi connectivity index (χ0v) is 20.8. The van der Waals surface area contributed by atoms with Crippen molar-refractivity contribution in [3.8, 4) is 5.75 Å². The Morgan fingerprint density at radius 2 is 2.03 bits per heavy atom. The van der Waals surface area contributed by atoms with Crippen LogP contribution in [-0.4, -0.2) is 53.0 Å². The van der Waals surface area contributed by atoms with Crippen molar-refractivity contribution in [2.75, 3.05) is 37.9 Å². The van der Waals surface area contributed by atoms with Crippen LogP contribution in [0.15, 0.2) is 30.3 Å². The summed E-state index contributed by atoms with van der Waals surface area (Å²) in [6.45, 7) is 4.53. The summed E-state index contributed by atoms with van der Waals surface area (Å²) in [7, 11) is 1.45. The highest BCUT2D eigenvalue weighted by molar-refractivity contribution is 7.80. The van der Waals surface area contributed by atoms with Crippen molar-refractivity contribution in [3.05, 3.63) is 52.8 Å². The standard InChI is InChI=1S/C24H26F3N5O3S/c1-12(14-6-15(24(25,26)27)8-16(28)7-14)29-22-17-10-20(34-3)18(9-19(17)30-13(2)31-22)23(33)32-4-5-35-21(36)11-32/h6-10,12,21,36H,4-5,11,28H2,1-3H3,(H,29,30,31)/t12-,21-/m1/s1. The van der Waals surface area contributed by atoms with E-state index in [4.69, 9.17) is 15.2 Å². The van der Waals surface area contributed by atoms with Crippen LogP contribution in [0.1, 0.15) is 40.3 Å². The molecule has 1 aliphatic rings. The molecule has 0 spiro atoms. The number of morpholine rings is 1. The Labute approximate surface area is 211 Å². The molecule has 0 saturated carbocycles. The third kappa shape index (κ3) is 5.44. The molecule has 3 N–H and O–H groups in total. The van der Waals surface area contributed by atoms with E-state index in [2.05, 4.69) is 27.9 Å². The van der Waals surface area contributed by atoms with Gasteiger partial charge in [-0.3, -0.25) is 4.79 Å². The van der Waals surface area contributed by atoms with E-state index in [-0.39, 0.29) is 17.0 Å². The van der Waals surface area contributed by atoms with Gasteiger partial charge < -0.3 is 25.4 Å². The first-order valence-corrected chi connectivity index (χ1v) is 11.7. The van der Waals surface area contributed by atoms with Gasteiger partial charge in [-0.2, -0.15) is 13.2 Å². The molecule has 1 amide bonds. The number of nitrogens with zero attached hydrogens (tertiary/aromatic N) is 3. The van der Waals surface area contributed by atoms with Crippen molar-refractivity contribution in [3.63, 3.8) is 0 Å². The number of aryl methyl sites for hydroxylation is 1. The molecule has 12 heteroatoms. The van der Waals surface area contributed by atoms with Gasteiger partial charge in [0.1, 0.15) is 22.8 Å². The number of fused-ring (bicyclic) bond motifs is 1. The number of nitrogen functional groups attached to an aromatic ring is 1. The third-order valence-corrected chi connectivity index (χ3v) is 6.17. The van der Waals surface area contributed by atoms with Crippen molar-refractivity contribution in [2.45, 2.75) is 31.5 Å². The molecule has 2 aromatic carbocycles. The molecule has 0 radical (unpaired) electrons. The first-order chi connectivity index (χ1) is 17.0. The summed E-state index contributed by atoms with van der Waals surface area (Å²) in [5.41, 5.74) is 5.70. The zero-order chi connectivity index (χ0) is 26.2. The lowest BCUT2D eigenvalue weighted by Crippen LogP contribution is -2.43. The number of methoxy groups -OCH3 is 1. The summed E-state index contributed by atoms with van der Waals surface area (Å²) < 4.78 is 50.8. The number of carbonyl (C=O) groups is 1. The van der Waals surface area contributed by atoms with E-state index >= 15 is 0 Å². The van der Waals surface area contributed by atoms with E-state index in [0.29, 0.717) is 59.1 Å². The zero-order valence-electron chi connectivity index (χ0n) is 19.9. The Morgan fingerprint density at radius 3 is 2.69 bits per heavy atom. The number of nitrogens with one attached hydrogen (secondary N) is 1. The van der Waals surface area contributed by atoms with Crippen LogP contribution in [0.2, 0.25) is 0 Å². The molecule has 1 fully saturated rings. The van der Waals surface area contributed by atoms with E-state index in [1.165, 1.54) is 13.2 Å². The summed E-state index contributed by atoms with van der Waals surface area (Å²) in [6.07, 6.45) is -4.52. The van der Waals surface area contributed by atoms with Crippen molar-refractivity contribution >= 4 is 40.9 Å². The minimum atomic E-state index is -4.52. The second kappa shape index (κ2) is 10.0. The SMILES string of the molecule is COc1cc2c(N[C@H](C)c3cc(N)cc(C(F)(F)F)c3)nc(C)nc2cc1C(=O)N1CCO[C@H](S)C1. The normalized spacial score (nSPS) is 17.2. The van der Waals surface area contributed by atoms with Gasteiger partial charge in [0.25, 0.3) is 5.91 Å². The number of alkyl halides is 3. The Morgan fingerprint density at radius 1 is 1.28 bits per heavy atom. The van der Waals surface area contributed by atoms with Crippen molar-refractivity contribution < 1.29 is 27.4 Å². The fraction of sp³-hybridized carbons (Fsp3) is 0.375. The summed E-state index contributed by atoms with van der Waals surface area (Å²) in [5.74, 6) is 0.891. The molecule has 36 heavy (non-hydrogen) atoms. The van der Waals surface area contributed by atoms with Crippen LogP contribution < -0.4 is 15.8 Å². The number of rotatable bonds is 5. The Balaban J connectivity index is 1.71. The third-order valence-electron chi connectivity index (χ3n) is 5.85. The first kappa shape index (κ1) is 25.8. The number of carbonyl (C=O) groups excluding carboxylic acids is 1. The number of ether oxygens (including phenoxy) is 2. The number of thiol groups is 1. The van der Waals surface area contributed by atoms with Crippen LogP contribution >= 0.6 is 12.6 Å². The Bertz CT molecular complexity index is 1300. The predicted octanol–water partition coefficient (Wildman–Crippen LogP) is 4.45. The molecule has 1 saturated heterocycles. The van der Waals surface area contributed by atoms with Crippen LogP contribution in [0.3, 0.4) is 0 Å². The maximum atomic E-state index is 13.3. The molecular weight excluding hydrogens is 495 g/mol. The van der Waals surface area contributed by atoms with Crippen LogP contribution in [0, 0.1) is 6.92 Å². The van der Waals surface area contributed by atoms with Crippen molar-refractivity contribution in [2.24, 2.45) is 0 Å². The van der Waals surface area contributed by atoms with Gasteiger partial charge >= 0.3 is 6.18 Å². The highest BCUT2D eigenvalue weighted by Crippen LogP contribution is 2.35. The average molecular weight is 522 g/mol. The van der Waals surface area contributed by atoms with E-state index in [9.17, 15) is 18.0 Å². The molecule has 0 bridgehead atoms. The summed E-state index contributed by atoms with van der Waals surface area (Å²) in [4.78, 5) is 23.8. The smallest absolute Gasteiger partial charge is 0.416 e. The number of halogens is 3. The van der Waals surface area contributed by atoms with Gasteiger partial charge in [0.15, 0.2) is 0 Å². The van der Waals surface area contributed by atoms with Gasteiger partial charge in [-0.1, -0.05) is 0 Å². The van der Waals surface area contributed by atoms with Gasteiger partial charge in [0.05, 0.1) is 42.9 Å². The molecule has 8 nitrogen and oxygen atoms in total. The molecule has 3 aromatic rings.